The van der Waals surface area contributed by atoms with Crippen molar-refractivity contribution in [1.29, 1.82) is 0 Å². The highest BCUT2D eigenvalue weighted by Crippen LogP contribution is 2.14. The molecular weight excluding hydrogens is 248 g/mol. The molecule has 0 aromatic heterocycles. The lowest BCUT2D eigenvalue weighted by molar-refractivity contribution is 0.112. The van der Waals surface area contributed by atoms with Gasteiger partial charge in [0.05, 0.1) is 7.11 Å². The summed E-state index contributed by atoms with van der Waals surface area (Å²) >= 11 is 0. The van der Waals surface area contributed by atoms with Crippen LogP contribution in [-0.2, 0) is 0 Å². The van der Waals surface area contributed by atoms with Crippen molar-refractivity contribution in [2.75, 3.05) is 7.11 Å². The standard InChI is InChI=1S/C10H22.C8H8O2/c1-5-10(4)8-6-7-9(2)3;1-10-8-4-2-3-7(5-8)6-9/h9-10H,5-8H2,1-4H3;2-6H,1H3. The highest BCUT2D eigenvalue weighted by molar-refractivity contribution is 5.75. The van der Waals surface area contributed by atoms with Crippen molar-refractivity contribution >= 4 is 6.29 Å². The molecule has 0 saturated carbocycles. The van der Waals surface area contributed by atoms with Crippen LogP contribution in [0.25, 0.3) is 0 Å². The molecule has 0 bridgehead atoms. The van der Waals surface area contributed by atoms with Crippen LogP contribution in [0.1, 0.15) is 63.7 Å². The first-order chi connectivity index (χ1) is 9.53. The number of aldehydes is 1. The van der Waals surface area contributed by atoms with Crippen molar-refractivity contribution in [1.82, 2.24) is 0 Å². The van der Waals surface area contributed by atoms with E-state index >= 15 is 0 Å². The Morgan fingerprint density at radius 3 is 2.40 bits per heavy atom. The van der Waals surface area contributed by atoms with E-state index in [9.17, 15) is 4.79 Å². The van der Waals surface area contributed by atoms with Gasteiger partial charge in [0.1, 0.15) is 12.0 Å². The first kappa shape index (κ1) is 18.7. The van der Waals surface area contributed by atoms with Crippen LogP contribution in [0.15, 0.2) is 24.3 Å². The van der Waals surface area contributed by atoms with E-state index in [0.29, 0.717) is 11.3 Å². The van der Waals surface area contributed by atoms with E-state index in [0.717, 1.165) is 18.1 Å². The van der Waals surface area contributed by atoms with Crippen LogP contribution < -0.4 is 4.74 Å². The Balaban J connectivity index is 0.000000361. The summed E-state index contributed by atoms with van der Waals surface area (Å²) in [5, 5.41) is 0. The molecule has 2 heteroatoms. The van der Waals surface area contributed by atoms with Gasteiger partial charge in [-0.25, -0.2) is 0 Å². The van der Waals surface area contributed by atoms with Crippen molar-refractivity contribution in [2.24, 2.45) is 11.8 Å². The first-order valence-corrected chi connectivity index (χ1v) is 7.62. The normalized spacial score (nSPS) is 11.5. The summed E-state index contributed by atoms with van der Waals surface area (Å²) in [5.74, 6) is 2.55. The number of methoxy groups -OCH3 is 1. The average molecular weight is 278 g/mol. The highest BCUT2D eigenvalue weighted by atomic mass is 16.5. The molecule has 0 amide bonds. The lowest BCUT2D eigenvalue weighted by atomic mass is 9.98. The number of carbonyl (C=O) groups excluding carboxylic acids is 1. The molecule has 0 radical (unpaired) electrons. The molecule has 0 N–H and O–H groups in total. The summed E-state index contributed by atoms with van der Waals surface area (Å²) in [5.41, 5.74) is 0.638. The third-order valence-corrected chi connectivity index (χ3v) is 3.41. The van der Waals surface area contributed by atoms with Gasteiger partial charge in [-0.1, -0.05) is 65.5 Å². The minimum Gasteiger partial charge on any atom is -0.497 e. The molecule has 1 rings (SSSR count). The van der Waals surface area contributed by atoms with Gasteiger partial charge in [0, 0.05) is 5.56 Å². The largest absolute Gasteiger partial charge is 0.497 e. The summed E-state index contributed by atoms with van der Waals surface area (Å²) in [6, 6.07) is 7.00. The summed E-state index contributed by atoms with van der Waals surface area (Å²) in [7, 11) is 1.57. The van der Waals surface area contributed by atoms with Gasteiger partial charge >= 0.3 is 0 Å². The van der Waals surface area contributed by atoms with Gasteiger partial charge in [-0.15, -0.1) is 0 Å². The van der Waals surface area contributed by atoms with Crippen molar-refractivity contribution in [3.05, 3.63) is 29.8 Å². The summed E-state index contributed by atoms with van der Waals surface area (Å²) in [4.78, 5) is 10.2. The SMILES string of the molecule is CCC(C)CCCC(C)C.COc1cccc(C=O)c1. The van der Waals surface area contributed by atoms with Gasteiger partial charge in [0.25, 0.3) is 0 Å². The van der Waals surface area contributed by atoms with Gasteiger partial charge in [0.2, 0.25) is 0 Å². The number of hydrogen-bond donors (Lipinski definition) is 0. The average Bonchev–Trinajstić information content (AvgIpc) is 2.47. The van der Waals surface area contributed by atoms with Gasteiger partial charge in [-0.2, -0.15) is 0 Å². The second kappa shape index (κ2) is 11.5. The zero-order valence-corrected chi connectivity index (χ0v) is 13.7. The molecule has 0 saturated heterocycles. The monoisotopic (exact) mass is 278 g/mol. The molecular formula is C18H30O2. The fourth-order valence-corrected chi connectivity index (χ4v) is 1.79. The van der Waals surface area contributed by atoms with Crippen molar-refractivity contribution < 1.29 is 9.53 Å². The van der Waals surface area contributed by atoms with E-state index in [1.807, 2.05) is 0 Å². The molecule has 20 heavy (non-hydrogen) atoms. The molecule has 1 atom stereocenters. The number of benzene rings is 1. The Morgan fingerprint density at radius 1 is 1.20 bits per heavy atom. The Morgan fingerprint density at radius 2 is 1.90 bits per heavy atom. The molecule has 0 heterocycles. The van der Waals surface area contributed by atoms with E-state index in [1.54, 1.807) is 31.4 Å². The molecule has 114 valence electrons. The highest BCUT2D eigenvalue weighted by Gasteiger charge is 1.99. The van der Waals surface area contributed by atoms with Gasteiger partial charge in [-0.05, 0) is 24.0 Å². The molecule has 0 aliphatic rings. The summed E-state index contributed by atoms with van der Waals surface area (Å²) in [6.45, 7) is 9.23. The maximum absolute atomic E-state index is 10.2. The summed E-state index contributed by atoms with van der Waals surface area (Å²) < 4.78 is 4.90. The van der Waals surface area contributed by atoms with Crippen LogP contribution in [0.4, 0.5) is 0 Å². The van der Waals surface area contributed by atoms with Crippen LogP contribution in [-0.4, -0.2) is 13.4 Å². The minimum atomic E-state index is 0.638. The third-order valence-electron chi connectivity index (χ3n) is 3.41. The van der Waals surface area contributed by atoms with E-state index in [1.165, 1.54) is 25.7 Å². The Hall–Kier alpha value is -1.31. The smallest absolute Gasteiger partial charge is 0.150 e. The van der Waals surface area contributed by atoms with Crippen LogP contribution in [0.5, 0.6) is 5.75 Å². The molecule has 1 aromatic carbocycles. The number of hydrogen-bond acceptors (Lipinski definition) is 2. The minimum absolute atomic E-state index is 0.638. The van der Waals surface area contributed by atoms with Crippen molar-refractivity contribution in [3.63, 3.8) is 0 Å². The fraction of sp³-hybridized carbons (Fsp3) is 0.611. The lowest BCUT2D eigenvalue weighted by Crippen LogP contribution is -1.94. The predicted molar refractivity (Wildman–Crippen MR) is 86.5 cm³/mol. The Labute approximate surface area is 124 Å². The Kier molecular flexibility index (Phi) is 10.8. The lowest BCUT2D eigenvalue weighted by Gasteiger charge is -2.08. The predicted octanol–water partition coefficient (Wildman–Crippen LogP) is 5.37. The van der Waals surface area contributed by atoms with E-state index in [4.69, 9.17) is 4.74 Å². The molecule has 0 spiro atoms. The topological polar surface area (TPSA) is 26.3 Å². The van der Waals surface area contributed by atoms with Crippen LogP contribution in [0.2, 0.25) is 0 Å². The molecule has 2 nitrogen and oxygen atoms in total. The second-order valence-corrected chi connectivity index (χ2v) is 5.73. The van der Waals surface area contributed by atoms with Gasteiger partial charge < -0.3 is 4.74 Å². The zero-order chi connectivity index (χ0) is 15.4. The van der Waals surface area contributed by atoms with E-state index < -0.39 is 0 Å². The molecule has 0 aliphatic carbocycles. The third kappa shape index (κ3) is 9.60. The molecule has 0 fully saturated rings. The van der Waals surface area contributed by atoms with Crippen molar-refractivity contribution in [3.8, 4) is 5.75 Å². The van der Waals surface area contributed by atoms with Crippen molar-refractivity contribution in [2.45, 2.75) is 53.4 Å². The quantitative estimate of drug-likeness (QED) is 0.627. The summed E-state index contributed by atoms with van der Waals surface area (Å²) in [6.07, 6.45) is 6.40. The van der Waals surface area contributed by atoms with Gasteiger partial charge in [-0.3, -0.25) is 4.79 Å². The van der Waals surface area contributed by atoms with Crippen LogP contribution in [0, 0.1) is 11.8 Å². The Bertz CT molecular complexity index is 358. The maximum atomic E-state index is 10.2. The number of carbonyl (C=O) groups is 1. The number of rotatable bonds is 7. The molecule has 1 aromatic rings. The van der Waals surface area contributed by atoms with E-state index in [2.05, 4.69) is 27.7 Å². The number of ether oxygens (including phenoxy) is 1. The maximum Gasteiger partial charge on any atom is 0.150 e. The first-order valence-electron chi connectivity index (χ1n) is 7.62. The fourth-order valence-electron chi connectivity index (χ4n) is 1.79. The van der Waals surface area contributed by atoms with Crippen LogP contribution >= 0.6 is 0 Å². The molecule has 1 unspecified atom stereocenters. The van der Waals surface area contributed by atoms with Gasteiger partial charge in [0.15, 0.2) is 0 Å². The molecule has 0 aliphatic heterocycles. The van der Waals surface area contributed by atoms with E-state index in [-0.39, 0.29) is 0 Å². The van der Waals surface area contributed by atoms with Crippen LogP contribution in [0.3, 0.4) is 0 Å². The second-order valence-electron chi connectivity index (χ2n) is 5.73. The zero-order valence-electron chi connectivity index (χ0n) is 13.7.